The fourth-order valence-corrected chi connectivity index (χ4v) is 9.78. The van der Waals surface area contributed by atoms with Crippen molar-refractivity contribution in [2.24, 2.45) is 0 Å². The number of allylic oxidation sites excluding steroid dienone is 2. The summed E-state index contributed by atoms with van der Waals surface area (Å²) in [4.78, 5) is 48.6. The van der Waals surface area contributed by atoms with Crippen molar-refractivity contribution < 1.29 is 52.2 Å². The van der Waals surface area contributed by atoms with E-state index < -0.39 is 57.8 Å². The average molecular weight is 1040 g/mol. The molecule has 0 fully saturated rings. The zero-order valence-electron chi connectivity index (χ0n) is 47.2. The zero-order valence-corrected chi connectivity index (χ0v) is 48.1. The molecule has 0 aliphatic heterocycles. The first-order valence-corrected chi connectivity index (χ1v) is 32.1. The summed E-state index contributed by atoms with van der Waals surface area (Å²) < 4.78 is 39.6. The lowest BCUT2D eigenvalue weighted by Gasteiger charge is -2.21. The van der Waals surface area contributed by atoms with E-state index in [1.54, 1.807) is 0 Å². The fraction of sp³-hybridized carbons (Fsp3) is 0.917. The number of phosphoric acid groups is 1. The topological polar surface area (TPSA) is 155 Å². The molecule has 0 saturated heterocycles. The Morgan fingerprint density at radius 3 is 0.972 bits per heavy atom. The number of rotatable bonds is 58. The highest BCUT2D eigenvalue weighted by Gasteiger charge is 2.28. The van der Waals surface area contributed by atoms with Crippen LogP contribution in [-0.2, 0) is 42.2 Å². The smallest absolute Gasteiger partial charge is 0.462 e. The van der Waals surface area contributed by atoms with Crippen LogP contribution in [0.25, 0.3) is 0 Å². The number of unbranched alkanes of at least 4 members (excludes halogenated alkanes) is 39. The van der Waals surface area contributed by atoms with Crippen molar-refractivity contribution in [1.29, 1.82) is 0 Å². The molecule has 3 unspecified atom stereocenters. The van der Waals surface area contributed by atoms with Gasteiger partial charge in [0, 0.05) is 19.3 Å². The van der Waals surface area contributed by atoms with Crippen molar-refractivity contribution in [2.45, 2.75) is 328 Å². The maximum absolute atomic E-state index is 12.9. The van der Waals surface area contributed by atoms with E-state index in [0.717, 1.165) is 77.0 Å². The van der Waals surface area contributed by atoms with Gasteiger partial charge in [-0.3, -0.25) is 23.4 Å². The summed E-state index contributed by atoms with van der Waals surface area (Å²) in [5.74, 6) is -1.44. The quantitative estimate of drug-likeness (QED) is 0.0197. The Kier molecular flexibility index (Phi) is 54.1. The van der Waals surface area contributed by atoms with Gasteiger partial charge in [-0.2, -0.15) is 0 Å². The summed E-state index contributed by atoms with van der Waals surface area (Å²) in [5, 5.41) is 9.81. The molecule has 0 spiro atoms. The van der Waals surface area contributed by atoms with E-state index in [1.165, 1.54) is 180 Å². The molecule has 0 radical (unpaired) electrons. The van der Waals surface area contributed by atoms with E-state index in [-0.39, 0.29) is 25.9 Å². The minimum atomic E-state index is -4.74. The molecule has 72 heavy (non-hydrogen) atoms. The summed E-state index contributed by atoms with van der Waals surface area (Å²) in [6, 6.07) is 0. The monoisotopic (exact) mass is 1040 g/mol. The van der Waals surface area contributed by atoms with Gasteiger partial charge >= 0.3 is 25.7 Å². The number of phosphoric ester groups is 1. The Morgan fingerprint density at radius 2 is 0.639 bits per heavy atom. The Hall–Kier alpha value is -1.78. The maximum Gasteiger partial charge on any atom is 0.472 e. The second-order valence-electron chi connectivity index (χ2n) is 20.9. The summed E-state index contributed by atoms with van der Waals surface area (Å²) in [5.41, 5.74) is 0. The molecular formula is C60H115O11P. The van der Waals surface area contributed by atoms with Gasteiger partial charge in [-0.25, -0.2) is 4.57 Å². The van der Waals surface area contributed by atoms with E-state index in [0.29, 0.717) is 19.3 Å². The van der Waals surface area contributed by atoms with Gasteiger partial charge in [0.15, 0.2) is 6.10 Å². The van der Waals surface area contributed by atoms with Crippen molar-refractivity contribution in [2.75, 3.05) is 26.4 Å². The first-order valence-electron chi connectivity index (χ1n) is 30.6. The predicted octanol–water partition coefficient (Wildman–Crippen LogP) is 18.0. The fourth-order valence-electron chi connectivity index (χ4n) is 9.00. The van der Waals surface area contributed by atoms with Crippen LogP contribution in [0, 0.1) is 0 Å². The second kappa shape index (κ2) is 55.5. The van der Waals surface area contributed by atoms with Crippen LogP contribution >= 0.6 is 7.82 Å². The lowest BCUT2D eigenvalue weighted by Crippen LogP contribution is -2.30. The van der Waals surface area contributed by atoms with E-state index in [1.807, 2.05) is 0 Å². The Morgan fingerprint density at radius 1 is 0.375 bits per heavy atom. The first kappa shape index (κ1) is 70.2. The summed E-state index contributed by atoms with van der Waals surface area (Å²) >= 11 is 0. The molecule has 3 atom stereocenters. The molecule has 0 aliphatic rings. The van der Waals surface area contributed by atoms with Crippen LogP contribution in [0.15, 0.2) is 12.2 Å². The summed E-state index contributed by atoms with van der Waals surface area (Å²) in [6.45, 7) is 4.69. The number of aliphatic hydroxyl groups excluding tert-OH is 1. The highest BCUT2D eigenvalue weighted by atomic mass is 31.2. The summed E-state index contributed by atoms with van der Waals surface area (Å²) in [6.07, 6.45) is 54.5. The molecule has 0 saturated carbocycles. The van der Waals surface area contributed by atoms with Crippen molar-refractivity contribution in [1.82, 2.24) is 0 Å². The standard InChI is InChI=1S/C60H115O11P/c1-4-7-10-13-16-19-22-25-26-27-28-29-30-33-36-39-42-45-48-51-60(64)71-57(53-67-58(62)49-46-43-40-37-34-31-23-20-17-14-11-8-5-2)55-69-72(65,66)68-54-56(52-61)70-59(63)50-47-44-41-38-35-32-24-21-18-15-12-9-6-3/h21,24,56-57,61H,4-20,22-23,25-55H2,1-3H3,(H,65,66)/b24-21-. The number of hydrogen-bond acceptors (Lipinski definition) is 10. The second-order valence-corrected chi connectivity index (χ2v) is 22.3. The lowest BCUT2D eigenvalue weighted by molar-refractivity contribution is -0.161. The molecule has 12 heteroatoms. The van der Waals surface area contributed by atoms with Crippen molar-refractivity contribution in [3.05, 3.63) is 12.2 Å². The molecule has 0 aromatic heterocycles. The predicted molar refractivity (Wildman–Crippen MR) is 298 cm³/mol. The molecule has 0 aromatic carbocycles. The average Bonchev–Trinajstić information content (AvgIpc) is 3.37. The zero-order chi connectivity index (χ0) is 52.7. The van der Waals surface area contributed by atoms with Crippen LogP contribution in [0.4, 0.5) is 0 Å². The number of hydrogen-bond donors (Lipinski definition) is 2. The van der Waals surface area contributed by atoms with Crippen molar-refractivity contribution in [3.8, 4) is 0 Å². The van der Waals surface area contributed by atoms with Crippen molar-refractivity contribution in [3.63, 3.8) is 0 Å². The third-order valence-corrected chi connectivity index (χ3v) is 14.6. The minimum absolute atomic E-state index is 0.173. The molecule has 0 heterocycles. The van der Waals surface area contributed by atoms with Gasteiger partial charge in [0.2, 0.25) is 0 Å². The molecule has 0 aromatic rings. The molecule has 2 N–H and O–H groups in total. The normalized spacial score (nSPS) is 13.3. The summed E-state index contributed by atoms with van der Waals surface area (Å²) in [7, 11) is -4.74. The van der Waals surface area contributed by atoms with E-state index in [9.17, 15) is 28.9 Å². The van der Waals surface area contributed by atoms with E-state index in [2.05, 4.69) is 32.9 Å². The number of ether oxygens (including phenoxy) is 3. The van der Waals surface area contributed by atoms with Gasteiger partial charge in [0.05, 0.1) is 19.8 Å². The SMILES string of the molecule is CCCCCC/C=C\CCCCCCCC(=O)OC(CO)COP(=O)(O)OCC(COC(=O)CCCCCCCCCCCCCCC)OC(=O)CCCCCCCCCCCCCCCCCCCCC. The highest BCUT2D eigenvalue weighted by molar-refractivity contribution is 7.47. The molecular weight excluding hydrogens is 928 g/mol. The highest BCUT2D eigenvalue weighted by Crippen LogP contribution is 2.43. The Bertz CT molecular complexity index is 1260. The van der Waals surface area contributed by atoms with Crippen molar-refractivity contribution >= 4 is 25.7 Å². The number of carbonyl (C=O) groups excluding carboxylic acids is 3. The van der Waals surface area contributed by atoms with Crippen LogP contribution in [-0.4, -0.2) is 66.5 Å². The molecule has 0 amide bonds. The lowest BCUT2D eigenvalue weighted by atomic mass is 10.0. The van der Waals surface area contributed by atoms with Crippen LogP contribution in [0.2, 0.25) is 0 Å². The van der Waals surface area contributed by atoms with Crippen LogP contribution in [0.1, 0.15) is 316 Å². The Balaban J connectivity index is 4.64. The van der Waals surface area contributed by atoms with Gasteiger partial charge < -0.3 is 24.2 Å². The maximum atomic E-state index is 12.9. The van der Waals surface area contributed by atoms with Gasteiger partial charge in [-0.05, 0) is 44.9 Å². The molecule has 0 bridgehead atoms. The molecule has 0 aliphatic carbocycles. The van der Waals surface area contributed by atoms with E-state index in [4.69, 9.17) is 23.3 Å². The van der Waals surface area contributed by atoms with Crippen LogP contribution in [0.5, 0.6) is 0 Å². The molecule has 0 rings (SSSR count). The largest absolute Gasteiger partial charge is 0.472 e. The third kappa shape index (κ3) is 53.1. The van der Waals surface area contributed by atoms with Crippen LogP contribution < -0.4 is 0 Å². The van der Waals surface area contributed by atoms with Gasteiger partial charge in [-0.15, -0.1) is 0 Å². The van der Waals surface area contributed by atoms with Gasteiger partial charge in [-0.1, -0.05) is 264 Å². The first-order chi connectivity index (χ1) is 35.2. The van der Waals surface area contributed by atoms with E-state index >= 15 is 0 Å². The molecule has 426 valence electrons. The number of carbonyl (C=O) groups is 3. The number of aliphatic hydroxyl groups is 1. The van der Waals surface area contributed by atoms with Gasteiger partial charge in [0.1, 0.15) is 12.7 Å². The van der Waals surface area contributed by atoms with Crippen LogP contribution in [0.3, 0.4) is 0 Å². The third-order valence-electron chi connectivity index (χ3n) is 13.7. The Labute approximate surface area is 443 Å². The minimum Gasteiger partial charge on any atom is -0.462 e. The van der Waals surface area contributed by atoms with Gasteiger partial charge in [0.25, 0.3) is 0 Å². The molecule has 11 nitrogen and oxygen atoms in total. The number of esters is 3.